The van der Waals surface area contributed by atoms with E-state index in [1.807, 2.05) is 0 Å². The number of nitrogens with one attached hydrogen (secondary N) is 2. The van der Waals surface area contributed by atoms with Crippen LogP contribution in [0.15, 0.2) is 24.3 Å². The first-order valence-corrected chi connectivity index (χ1v) is 7.81. The fraction of sp³-hybridized carbons (Fsp3) is 0.400. The summed E-state index contributed by atoms with van der Waals surface area (Å²) in [5.74, 6) is -0.440. The van der Waals surface area contributed by atoms with Crippen LogP contribution >= 0.6 is 0 Å². The van der Waals surface area contributed by atoms with Crippen LogP contribution in [0.4, 0.5) is 5.69 Å². The third kappa shape index (κ3) is 3.49. The van der Waals surface area contributed by atoms with Crippen LogP contribution in [0.2, 0.25) is 0 Å². The van der Waals surface area contributed by atoms with Crippen LogP contribution in [0.25, 0.3) is 5.69 Å². The van der Waals surface area contributed by atoms with Crippen molar-refractivity contribution in [2.75, 3.05) is 19.6 Å². The molecule has 25 heavy (non-hydrogen) atoms. The van der Waals surface area contributed by atoms with Gasteiger partial charge in [0, 0.05) is 37.7 Å². The van der Waals surface area contributed by atoms with E-state index in [0.29, 0.717) is 31.0 Å². The van der Waals surface area contributed by atoms with Crippen molar-refractivity contribution >= 4 is 11.6 Å². The predicted molar refractivity (Wildman–Crippen MR) is 87.5 cm³/mol. The zero-order valence-corrected chi connectivity index (χ0v) is 13.5. The molecule has 1 saturated heterocycles. The molecule has 1 amide bonds. The average molecular weight is 346 g/mol. The second-order valence-electron chi connectivity index (χ2n) is 5.91. The maximum atomic E-state index is 12.3. The largest absolute Gasteiger partial charge is 0.391 e. The van der Waals surface area contributed by atoms with Crippen LogP contribution in [0.3, 0.4) is 0 Å². The average Bonchev–Trinajstić information content (AvgIpc) is 3.18. The van der Waals surface area contributed by atoms with Crippen molar-refractivity contribution in [3.8, 4) is 5.69 Å². The van der Waals surface area contributed by atoms with Gasteiger partial charge in [0.25, 0.3) is 11.6 Å². The summed E-state index contributed by atoms with van der Waals surface area (Å²) in [6.07, 6.45) is -0.484. The van der Waals surface area contributed by atoms with E-state index in [0.717, 1.165) is 0 Å². The lowest BCUT2D eigenvalue weighted by Gasteiger charge is -2.13. The molecule has 1 fully saturated rings. The summed E-state index contributed by atoms with van der Waals surface area (Å²) in [5.41, 5.74) is 1.00. The van der Waals surface area contributed by atoms with Crippen molar-refractivity contribution in [3.05, 3.63) is 45.8 Å². The van der Waals surface area contributed by atoms with Crippen LogP contribution in [0.1, 0.15) is 16.2 Å². The van der Waals surface area contributed by atoms with Crippen LogP contribution in [0, 0.1) is 23.0 Å². The molecule has 2 heterocycles. The maximum Gasteiger partial charge on any atom is 0.273 e. The van der Waals surface area contributed by atoms with Crippen molar-refractivity contribution in [2.45, 2.75) is 13.0 Å². The van der Waals surface area contributed by atoms with Crippen LogP contribution in [-0.4, -0.2) is 56.7 Å². The lowest BCUT2D eigenvalue weighted by atomic mass is 10.1. The van der Waals surface area contributed by atoms with Crippen molar-refractivity contribution in [1.82, 2.24) is 25.6 Å². The second-order valence-corrected chi connectivity index (χ2v) is 5.91. The number of β-amino-alcohol motifs (C(OH)–C–C–N with tert-alkyl or cyclic N) is 1. The third-order valence-electron chi connectivity index (χ3n) is 4.22. The molecule has 10 nitrogen and oxygen atoms in total. The molecular formula is C15H18N6O4. The zero-order valence-electron chi connectivity index (χ0n) is 13.5. The highest BCUT2D eigenvalue weighted by molar-refractivity contribution is 5.93. The van der Waals surface area contributed by atoms with Gasteiger partial charge in [-0.05, 0) is 13.0 Å². The Bertz CT molecular complexity index is 805. The minimum absolute atomic E-state index is 0.0453. The number of amides is 1. The lowest BCUT2D eigenvalue weighted by molar-refractivity contribution is -0.384. The number of aromatic nitrogens is 3. The fourth-order valence-electron chi connectivity index (χ4n) is 2.76. The summed E-state index contributed by atoms with van der Waals surface area (Å²) in [5, 5.41) is 34.2. The van der Waals surface area contributed by atoms with Gasteiger partial charge in [0.1, 0.15) is 0 Å². The topological polar surface area (TPSA) is 135 Å². The van der Waals surface area contributed by atoms with Crippen LogP contribution in [0.5, 0.6) is 0 Å². The van der Waals surface area contributed by atoms with Crippen molar-refractivity contribution in [1.29, 1.82) is 0 Å². The number of non-ortho nitro benzene ring substituents is 1. The Morgan fingerprint density at radius 3 is 3.00 bits per heavy atom. The molecule has 2 atom stereocenters. The summed E-state index contributed by atoms with van der Waals surface area (Å²) in [7, 11) is 0. The number of aliphatic hydroxyl groups excluding tert-OH is 1. The molecule has 132 valence electrons. The molecule has 10 heteroatoms. The Morgan fingerprint density at radius 1 is 1.52 bits per heavy atom. The van der Waals surface area contributed by atoms with Gasteiger partial charge in [0.15, 0.2) is 5.69 Å². The molecule has 0 saturated carbocycles. The molecule has 0 spiro atoms. The Morgan fingerprint density at radius 2 is 2.32 bits per heavy atom. The molecule has 1 aromatic heterocycles. The van der Waals surface area contributed by atoms with Crippen molar-refractivity contribution in [2.24, 2.45) is 5.92 Å². The number of aliphatic hydroxyl groups is 1. The number of rotatable bonds is 5. The Kier molecular flexibility index (Phi) is 4.72. The number of carbonyl (C=O) groups is 1. The summed E-state index contributed by atoms with van der Waals surface area (Å²) in [4.78, 5) is 22.7. The van der Waals surface area contributed by atoms with Gasteiger partial charge in [-0.25, -0.2) is 4.68 Å². The third-order valence-corrected chi connectivity index (χ3v) is 4.22. The summed E-state index contributed by atoms with van der Waals surface area (Å²) >= 11 is 0. The minimum Gasteiger partial charge on any atom is -0.391 e. The minimum atomic E-state index is -0.496. The first kappa shape index (κ1) is 17.0. The standard InChI is InChI=1S/C15H18N6O4/c1-9-14(15(23)17-7-10-6-16-8-13(10)22)18-19-20(9)11-3-2-4-12(5-11)21(24)25/h2-5,10,13,16,22H,6-8H2,1H3,(H,17,23). The Labute approximate surface area is 143 Å². The van der Waals surface area contributed by atoms with Crippen molar-refractivity contribution in [3.63, 3.8) is 0 Å². The van der Waals surface area contributed by atoms with E-state index in [4.69, 9.17) is 0 Å². The molecule has 0 aliphatic carbocycles. The van der Waals surface area contributed by atoms with E-state index in [1.54, 1.807) is 19.1 Å². The molecule has 0 radical (unpaired) electrons. The first-order chi connectivity index (χ1) is 12.0. The van der Waals surface area contributed by atoms with Gasteiger partial charge >= 0.3 is 0 Å². The molecule has 3 N–H and O–H groups in total. The van der Waals surface area contributed by atoms with Crippen LogP contribution in [-0.2, 0) is 0 Å². The summed E-state index contributed by atoms with van der Waals surface area (Å²) in [6, 6.07) is 5.94. The number of carbonyl (C=O) groups excluding carboxylic acids is 1. The van der Waals surface area contributed by atoms with Gasteiger partial charge in [-0.15, -0.1) is 5.10 Å². The Balaban J connectivity index is 1.75. The number of hydrogen-bond donors (Lipinski definition) is 3. The van der Waals surface area contributed by atoms with Gasteiger partial charge in [-0.3, -0.25) is 14.9 Å². The highest BCUT2D eigenvalue weighted by atomic mass is 16.6. The highest BCUT2D eigenvalue weighted by Crippen LogP contribution is 2.18. The maximum absolute atomic E-state index is 12.3. The number of nitro groups is 1. The predicted octanol–water partition coefficient (Wildman–Crippen LogP) is -0.206. The molecule has 2 unspecified atom stereocenters. The quantitative estimate of drug-likeness (QED) is 0.504. The van der Waals surface area contributed by atoms with Crippen molar-refractivity contribution < 1.29 is 14.8 Å². The molecule has 2 aromatic rings. The first-order valence-electron chi connectivity index (χ1n) is 7.81. The van der Waals surface area contributed by atoms with Crippen LogP contribution < -0.4 is 10.6 Å². The second kappa shape index (κ2) is 6.95. The van der Waals surface area contributed by atoms with E-state index in [1.165, 1.54) is 16.8 Å². The molecule has 3 rings (SSSR count). The molecule has 1 aliphatic rings. The Hall–Kier alpha value is -2.85. The smallest absolute Gasteiger partial charge is 0.273 e. The molecule has 1 aromatic carbocycles. The molecule has 0 bridgehead atoms. The summed E-state index contributed by atoms with van der Waals surface area (Å²) < 4.78 is 1.38. The van der Waals surface area contributed by atoms with E-state index >= 15 is 0 Å². The van der Waals surface area contributed by atoms with E-state index in [2.05, 4.69) is 20.9 Å². The summed E-state index contributed by atoms with van der Waals surface area (Å²) in [6.45, 7) is 3.15. The normalized spacial score (nSPS) is 19.8. The zero-order chi connectivity index (χ0) is 18.0. The fourth-order valence-corrected chi connectivity index (χ4v) is 2.76. The van der Waals surface area contributed by atoms with Gasteiger partial charge in [-0.1, -0.05) is 11.3 Å². The highest BCUT2D eigenvalue weighted by Gasteiger charge is 2.26. The number of benzene rings is 1. The monoisotopic (exact) mass is 346 g/mol. The van der Waals surface area contributed by atoms with Gasteiger partial charge < -0.3 is 15.7 Å². The van der Waals surface area contributed by atoms with E-state index < -0.39 is 16.9 Å². The van der Waals surface area contributed by atoms with Gasteiger partial charge in [0.05, 0.1) is 22.4 Å². The lowest BCUT2D eigenvalue weighted by Crippen LogP contribution is -2.34. The number of hydrogen-bond acceptors (Lipinski definition) is 7. The molecular weight excluding hydrogens is 328 g/mol. The SMILES string of the molecule is Cc1c(C(=O)NCC2CNCC2O)nnn1-c1cccc([N+](=O)[O-])c1. The number of nitrogens with zero attached hydrogens (tertiary/aromatic N) is 4. The van der Waals surface area contributed by atoms with Gasteiger partial charge in [-0.2, -0.15) is 0 Å². The molecule has 1 aliphatic heterocycles. The number of nitro benzene ring substituents is 1. The van der Waals surface area contributed by atoms with E-state index in [9.17, 15) is 20.0 Å². The van der Waals surface area contributed by atoms with E-state index in [-0.39, 0.29) is 17.3 Å². The van der Waals surface area contributed by atoms with Gasteiger partial charge in [0.2, 0.25) is 0 Å².